The molecule has 1 aromatic heterocycles. The van der Waals surface area contributed by atoms with Crippen molar-refractivity contribution in [1.29, 1.82) is 5.26 Å². The third-order valence-corrected chi connectivity index (χ3v) is 4.18. The average molecular weight is 276 g/mol. The number of benzene rings is 1. The van der Waals surface area contributed by atoms with E-state index in [0.717, 1.165) is 11.3 Å². The average Bonchev–Trinajstić information content (AvgIpc) is 2.70. The van der Waals surface area contributed by atoms with Gasteiger partial charge in [0.1, 0.15) is 11.0 Å². The number of nitrogens with one attached hydrogen (secondary N) is 2. The van der Waals surface area contributed by atoms with Crippen LogP contribution in [0.4, 0.5) is 5.82 Å². The van der Waals surface area contributed by atoms with Crippen LogP contribution in [0, 0.1) is 25.2 Å². The van der Waals surface area contributed by atoms with Gasteiger partial charge in [0, 0.05) is 11.3 Å². The zero-order valence-electron chi connectivity index (χ0n) is 10.4. The van der Waals surface area contributed by atoms with Crippen molar-refractivity contribution in [3.8, 4) is 6.07 Å². The molecule has 7 heteroatoms. The Hall–Kier alpha value is -2.33. The number of nitrogens with zero attached hydrogens (tertiary/aromatic N) is 2. The summed E-state index contributed by atoms with van der Waals surface area (Å²) in [4.78, 5) is -0.0578. The van der Waals surface area contributed by atoms with Gasteiger partial charge in [0.2, 0.25) is 0 Å². The number of anilines is 1. The summed E-state index contributed by atoms with van der Waals surface area (Å²) in [5, 5.41) is 15.5. The summed E-state index contributed by atoms with van der Waals surface area (Å²) in [7, 11) is -3.82. The molecule has 0 saturated heterocycles. The fourth-order valence-electron chi connectivity index (χ4n) is 1.56. The first kappa shape index (κ1) is 13.1. The van der Waals surface area contributed by atoms with Gasteiger partial charge >= 0.3 is 0 Å². The van der Waals surface area contributed by atoms with Crippen LogP contribution < -0.4 is 4.72 Å². The molecule has 2 N–H and O–H groups in total. The molecule has 0 radical (unpaired) electrons. The second-order valence-electron chi connectivity index (χ2n) is 4.04. The lowest BCUT2D eigenvalue weighted by atomic mass is 10.2. The van der Waals surface area contributed by atoms with Crippen molar-refractivity contribution < 1.29 is 8.42 Å². The molecule has 0 unspecified atom stereocenters. The lowest BCUT2D eigenvalue weighted by molar-refractivity contribution is 0.600. The molecule has 2 rings (SSSR count). The Morgan fingerprint density at radius 3 is 2.58 bits per heavy atom. The number of aryl methyl sites for hydroxylation is 1. The summed E-state index contributed by atoms with van der Waals surface area (Å²) < 4.78 is 26.8. The van der Waals surface area contributed by atoms with E-state index in [0.29, 0.717) is 0 Å². The van der Waals surface area contributed by atoms with Gasteiger partial charge in [-0.3, -0.25) is 9.82 Å². The summed E-state index contributed by atoms with van der Waals surface area (Å²) >= 11 is 0. The number of hydrogen-bond acceptors (Lipinski definition) is 4. The molecule has 0 fully saturated rings. The Kier molecular flexibility index (Phi) is 3.27. The summed E-state index contributed by atoms with van der Waals surface area (Å²) in [5.41, 5.74) is 1.60. The van der Waals surface area contributed by atoms with Crippen molar-refractivity contribution in [1.82, 2.24) is 10.2 Å². The van der Waals surface area contributed by atoms with E-state index in [9.17, 15) is 8.42 Å². The van der Waals surface area contributed by atoms with E-state index < -0.39 is 10.0 Å². The summed E-state index contributed by atoms with van der Waals surface area (Å²) in [6, 6.07) is 7.88. The van der Waals surface area contributed by atoms with Crippen LogP contribution in [0.15, 0.2) is 29.2 Å². The second-order valence-corrected chi connectivity index (χ2v) is 5.69. The molecule has 0 saturated carbocycles. The van der Waals surface area contributed by atoms with Gasteiger partial charge in [-0.05, 0) is 26.0 Å². The summed E-state index contributed by atoms with van der Waals surface area (Å²) in [6.45, 7) is 3.55. The predicted octanol–water partition coefficient (Wildman–Crippen LogP) is 1.70. The van der Waals surface area contributed by atoms with Crippen LogP contribution in [0.3, 0.4) is 0 Å². The van der Waals surface area contributed by atoms with Gasteiger partial charge in [-0.2, -0.15) is 10.4 Å². The third kappa shape index (κ3) is 2.44. The predicted molar refractivity (Wildman–Crippen MR) is 70.0 cm³/mol. The van der Waals surface area contributed by atoms with Crippen molar-refractivity contribution in [2.45, 2.75) is 18.7 Å². The first-order chi connectivity index (χ1) is 8.95. The van der Waals surface area contributed by atoms with E-state index in [1.54, 1.807) is 26.0 Å². The van der Waals surface area contributed by atoms with E-state index in [4.69, 9.17) is 5.26 Å². The van der Waals surface area contributed by atoms with Crippen LogP contribution in [0.2, 0.25) is 0 Å². The van der Waals surface area contributed by atoms with Gasteiger partial charge in [0.25, 0.3) is 10.0 Å². The first-order valence-electron chi connectivity index (χ1n) is 5.49. The molecule has 19 heavy (non-hydrogen) atoms. The van der Waals surface area contributed by atoms with Crippen LogP contribution in [0.5, 0.6) is 0 Å². The van der Waals surface area contributed by atoms with Gasteiger partial charge in [0.05, 0.1) is 5.56 Å². The van der Waals surface area contributed by atoms with Gasteiger partial charge in [0.15, 0.2) is 5.82 Å². The van der Waals surface area contributed by atoms with Gasteiger partial charge in [-0.1, -0.05) is 12.1 Å². The molecule has 0 aliphatic carbocycles. The van der Waals surface area contributed by atoms with E-state index >= 15 is 0 Å². The molecule has 0 atom stereocenters. The summed E-state index contributed by atoms with van der Waals surface area (Å²) in [5.74, 6) is 0.241. The zero-order chi connectivity index (χ0) is 14.0. The van der Waals surface area contributed by atoms with E-state index in [1.165, 1.54) is 12.1 Å². The number of H-pyrrole nitrogens is 1. The maximum atomic E-state index is 12.2. The number of hydrogen-bond donors (Lipinski definition) is 2. The molecule has 0 aliphatic rings. The van der Waals surface area contributed by atoms with Crippen LogP contribution >= 0.6 is 0 Å². The number of aromatic nitrogens is 2. The number of rotatable bonds is 3. The molecule has 0 spiro atoms. The van der Waals surface area contributed by atoms with Crippen LogP contribution in [0.25, 0.3) is 0 Å². The van der Waals surface area contributed by atoms with Crippen LogP contribution in [-0.4, -0.2) is 18.6 Å². The largest absolute Gasteiger partial charge is 0.280 e. The lowest BCUT2D eigenvalue weighted by Crippen LogP contribution is -2.15. The maximum Gasteiger partial charge on any atom is 0.264 e. The van der Waals surface area contributed by atoms with E-state index in [-0.39, 0.29) is 16.3 Å². The molecule has 0 amide bonds. The standard InChI is InChI=1S/C12H12N4O2S/c1-8-9(2)14-15-12(8)16-19(17,18)11-6-4-3-5-10(11)7-13/h3-6H,1-2H3,(H2,14,15,16). The van der Waals surface area contributed by atoms with Crippen molar-refractivity contribution in [2.75, 3.05) is 4.72 Å². The van der Waals surface area contributed by atoms with Gasteiger partial charge in [-0.25, -0.2) is 8.42 Å². The smallest absolute Gasteiger partial charge is 0.264 e. The Bertz CT molecular complexity index is 756. The minimum Gasteiger partial charge on any atom is -0.280 e. The molecule has 2 aromatic rings. The minimum atomic E-state index is -3.82. The SMILES string of the molecule is Cc1[nH]nc(NS(=O)(=O)c2ccccc2C#N)c1C. The normalized spacial score (nSPS) is 11.0. The first-order valence-corrected chi connectivity index (χ1v) is 6.97. The molecule has 98 valence electrons. The topological polar surface area (TPSA) is 98.6 Å². The monoisotopic (exact) mass is 276 g/mol. The van der Waals surface area contributed by atoms with Crippen LogP contribution in [-0.2, 0) is 10.0 Å². The zero-order valence-corrected chi connectivity index (χ0v) is 11.2. The third-order valence-electron chi connectivity index (χ3n) is 2.78. The van der Waals surface area contributed by atoms with E-state index in [2.05, 4.69) is 14.9 Å². The molecule has 0 bridgehead atoms. The number of nitriles is 1. The highest BCUT2D eigenvalue weighted by Gasteiger charge is 2.20. The number of sulfonamides is 1. The quantitative estimate of drug-likeness (QED) is 0.891. The Morgan fingerprint density at radius 1 is 1.32 bits per heavy atom. The van der Waals surface area contributed by atoms with Crippen molar-refractivity contribution in [3.05, 3.63) is 41.1 Å². The Morgan fingerprint density at radius 2 is 2.00 bits per heavy atom. The lowest BCUT2D eigenvalue weighted by Gasteiger charge is -2.07. The van der Waals surface area contributed by atoms with Crippen molar-refractivity contribution in [2.24, 2.45) is 0 Å². The van der Waals surface area contributed by atoms with Crippen molar-refractivity contribution in [3.63, 3.8) is 0 Å². The molecule has 0 aliphatic heterocycles. The molecular formula is C12H12N4O2S. The fourth-order valence-corrected chi connectivity index (χ4v) is 2.78. The molecule has 1 aromatic carbocycles. The van der Waals surface area contributed by atoms with Crippen LogP contribution in [0.1, 0.15) is 16.8 Å². The molecule has 6 nitrogen and oxygen atoms in total. The highest BCUT2D eigenvalue weighted by molar-refractivity contribution is 7.92. The highest BCUT2D eigenvalue weighted by atomic mass is 32.2. The molecule has 1 heterocycles. The summed E-state index contributed by atoms with van der Waals surface area (Å²) in [6.07, 6.45) is 0. The van der Waals surface area contributed by atoms with Crippen molar-refractivity contribution >= 4 is 15.8 Å². The Balaban J connectivity index is 2.44. The number of aromatic amines is 1. The van der Waals surface area contributed by atoms with Gasteiger partial charge < -0.3 is 0 Å². The fraction of sp³-hybridized carbons (Fsp3) is 0.167. The second kappa shape index (κ2) is 4.74. The maximum absolute atomic E-state index is 12.2. The molecular weight excluding hydrogens is 264 g/mol. The van der Waals surface area contributed by atoms with E-state index in [1.807, 2.05) is 6.07 Å². The van der Waals surface area contributed by atoms with Gasteiger partial charge in [-0.15, -0.1) is 0 Å². The minimum absolute atomic E-state index is 0.0578. The highest BCUT2D eigenvalue weighted by Crippen LogP contribution is 2.21. The Labute approximate surface area is 111 Å².